The van der Waals surface area contributed by atoms with Gasteiger partial charge in [-0.05, 0) is 18.6 Å². The van der Waals surface area contributed by atoms with E-state index in [2.05, 4.69) is 15.6 Å². The minimum Gasteiger partial charge on any atom is -0.321 e. The summed E-state index contributed by atoms with van der Waals surface area (Å²) in [6.07, 6.45) is 2.40. The highest BCUT2D eigenvalue weighted by molar-refractivity contribution is 5.97. The maximum atomic E-state index is 12.2. The van der Waals surface area contributed by atoms with E-state index in [0.717, 1.165) is 23.4 Å². The van der Waals surface area contributed by atoms with Crippen LogP contribution in [0.5, 0.6) is 0 Å². The molecule has 1 unspecified atom stereocenters. The number of fused-ring (bicyclic) bond motifs is 1. The van der Waals surface area contributed by atoms with Gasteiger partial charge < -0.3 is 4.57 Å². The minimum absolute atomic E-state index is 0.0328. The number of aryl methyl sites for hydroxylation is 1. The minimum atomic E-state index is 0.0328. The molecule has 6 heteroatoms. The Labute approximate surface area is 117 Å². The van der Waals surface area contributed by atoms with E-state index in [9.17, 15) is 4.79 Å². The lowest BCUT2D eigenvalue weighted by Gasteiger charge is -2.22. The number of amides is 1. The van der Waals surface area contributed by atoms with Gasteiger partial charge >= 0.3 is 0 Å². The Morgan fingerprint density at radius 2 is 2.20 bits per heavy atom. The topological polar surface area (TPSA) is 63.1 Å². The van der Waals surface area contributed by atoms with Crippen LogP contribution in [0, 0.1) is 0 Å². The number of carbonyl (C=O) groups is 1. The molecule has 0 saturated heterocycles. The molecule has 1 atom stereocenters. The second kappa shape index (κ2) is 5.05. The SMILES string of the molecule is CC(Cc1nncn1C)NN1Cc2ccccc2C1=O. The van der Waals surface area contributed by atoms with E-state index in [1.807, 2.05) is 42.8 Å². The summed E-state index contributed by atoms with van der Waals surface area (Å²) in [5, 5.41) is 9.59. The monoisotopic (exact) mass is 271 g/mol. The van der Waals surface area contributed by atoms with Crippen LogP contribution in [-0.2, 0) is 20.0 Å². The van der Waals surface area contributed by atoms with E-state index in [1.165, 1.54) is 0 Å². The fourth-order valence-corrected chi connectivity index (χ4v) is 2.44. The standard InChI is InChI=1S/C14H17N5O/c1-10(7-13-16-15-9-18(13)2)17-19-8-11-5-3-4-6-12(11)14(19)20/h3-6,9-10,17H,7-8H2,1-2H3. The van der Waals surface area contributed by atoms with Crippen LogP contribution < -0.4 is 5.43 Å². The average Bonchev–Trinajstić information content (AvgIpc) is 2.96. The van der Waals surface area contributed by atoms with E-state index >= 15 is 0 Å². The summed E-state index contributed by atoms with van der Waals surface area (Å²) in [4.78, 5) is 12.2. The van der Waals surface area contributed by atoms with Gasteiger partial charge in [-0.15, -0.1) is 10.2 Å². The number of carbonyl (C=O) groups excluding carboxylic acids is 1. The number of nitrogens with one attached hydrogen (secondary N) is 1. The first-order valence-electron chi connectivity index (χ1n) is 6.64. The molecule has 0 spiro atoms. The van der Waals surface area contributed by atoms with Gasteiger partial charge in [0, 0.05) is 25.1 Å². The molecule has 0 aliphatic carbocycles. The predicted molar refractivity (Wildman–Crippen MR) is 73.6 cm³/mol. The molecule has 1 aliphatic rings. The molecule has 3 rings (SSSR count). The number of rotatable bonds is 4. The molecule has 1 aromatic heterocycles. The Morgan fingerprint density at radius 3 is 2.90 bits per heavy atom. The molecule has 2 heterocycles. The fraction of sp³-hybridized carbons (Fsp3) is 0.357. The number of hydrogen-bond donors (Lipinski definition) is 1. The molecule has 0 fully saturated rings. The van der Waals surface area contributed by atoms with Gasteiger partial charge in [0.05, 0.1) is 6.54 Å². The number of hydrazine groups is 1. The average molecular weight is 271 g/mol. The third kappa shape index (κ3) is 2.30. The molecule has 1 aromatic carbocycles. The number of hydrogen-bond acceptors (Lipinski definition) is 4. The molecule has 0 radical (unpaired) electrons. The maximum absolute atomic E-state index is 12.2. The third-order valence-electron chi connectivity index (χ3n) is 3.49. The van der Waals surface area contributed by atoms with Crippen LogP contribution >= 0.6 is 0 Å². The van der Waals surface area contributed by atoms with Crippen LogP contribution in [0.1, 0.15) is 28.7 Å². The Bertz CT molecular complexity index is 636. The number of aromatic nitrogens is 3. The first-order valence-corrected chi connectivity index (χ1v) is 6.64. The van der Waals surface area contributed by atoms with E-state index < -0.39 is 0 Å². The summed E-state index contributed by atoms with van der Waals surface area (Å²) < 4.78 is 1.89. The van der Waals surface area contributed by atoms with Crippen molar-refractivity contribution in [1.82, 2.24) is 25.2 Å². The van der Waals surface area contributed by atoms with Crippen molar-refractivity contribution in [1.29, 1.82) is 0 Å². The highest BCUT2D eigenvalue weighted by Crippen LogP contribution is 2.20. The van der Waals surface area contributed by atoms with Crippen molar-refractivity contribution in [3.8, 4) is 0 Å². The zero-order valence-electron chi connectivity index (χ0n) is 11.6. The molecule has 0 bridgehead atoms. The Balaban J connectivity index is 1.65. The van der Waals surface area contributed by atoms with Gasteiger partial charge in [-0.25, -0.2) is 5.43 Å². The van der Waals surface area contributed by atoms with Gasteiger partial charge in [-0.1, -0.05) is 18.2 Å². The molecule has 20 heavy (non-hydrogen) atoms. The summed E-state index contributed by atoms with van der Waals surface area (Å²) in [6, 6.07) is 7.81. The van der Waals surface area contributed by atoms with Gasteiger partial charge in [0.1, 0.15) is 12.2 Å². The zero-order chi connectivity index (χ0) is 14.1. The van der Waals surface area contributed by atoms with Crippen molar-refractivity contribution in [3.05, 3.63) is 47.5 Å². The molecule has 6 nitrogen and oxygen atoms in total. The van der Waals surface area contributed by atoms with Crippen molar-refractivity contribution in [2.75, 3.05) is 0 Å². The molecule has 104 valence electrons. The second-order valence-corrected chi connectivity index (χ2v) is 5.14. The van der Waals surface area contributed by atoms with Gasteiger partial charge in [0.15, 0.2) is 0 Å². The van der Waals surface area contributed by atoms with Gasteiger partial charge in [0.25, 0.3) is 5.91 Å². The highest BCUT2D eigenvalue weighted by Gasteiger charge is 2.27. The Hall–Kier alpha value is -2.21. The smallest absolute Gasteiger partial charge is 0.268 e. The van der Waals surface area contributed by atoms with Gasteiger partial charge in [-0.2, -0.15) is 0 Å². The lowest BCUT2D eigenvalue weighted by molar-refractivity contribution is 0.0649. The lowest BCUT2D eigenvalue weighted by Crippen LogP contribution is -2.44. The van der Waals surface area contributed by atoms with Gasteiger partial charge in [0.2, 0.25) is 0 Å². The molecule has 1 N–H and O–H groups in total. The van der Waals surface area contributed by atoms with E-state index in [4.69, 9.17) is 0 Å². The highest BCUT2D eigenvalue weighted by atomic mass is 16.2. The van der Waals surface area contributed by atoms with Gasteiger partial charge in [-0.3, -0.25) is 9.80 Å². The Kier molecular flexibility index (Phi) is 3.23. The second-order valence-electron chi connectivity index (χ2n) is 5.14. The summed E-state index contributed by atoms with van der Waals surface area (Å²) in [6.45, 7) is 2.64. The van der Waals surface area contributed by atoms with Crippen molar-refractivity contribution in [2.24, 2.45) is 7.05 Å². The van der Waals surface area contributed by atoms with E-state index in [0.29, 0.717) is 6.54 Å². The quantitative estimate of drug-likeness (QED) is 0.897. The summed E-state index contributed by atoms with van der Waals surface area (Å²) in [7, 11) is 1.92. The first-order chi connectivity index (χ1) is 9.65. The van der Waals surface area contributed by atoms with Crippen LogP contribution in [-0.4, -0.2) is 31.7 Å². The number of benzene rings is 1. The molecule has 0 saturated carbocycles. The lowest BCUT2D eigenvalue weighted by atomic mass is 10.1. The normalized spacial score (nSPS) is 15.5. The summed E-state index contributed by atoms with van der Waals surface area (Å²) in [5.74, 6) is 0.930. The summed E-state index contributed by atoms with van der Waals surface area (Å²) >= 11 is 0. The first kappa shape index (κ1) is 12.8. The molecular formula is C14H17N5O. The van der Waals surface area contributed by atoms with Crippen molar-refractivity contribution in [3.63, 3.8) is 0 Å². The maximum Gasteiger partial charge on any atom is 0.268 e. The van der Waals surface area contributed by atoms with E-state index in [-0.39, 0.29) is 11.9 Å². The van der Waals surface area contributed by atoms with Crippen molar-refractivity contribution in [2.45, 2.75) is 25.9 Å². The van der Waals surface area contributed by atoms with Crippen LogP contribution in [0.3, 0.4) is 0 Å². The summed E-state index contributed by atoms with van der Waals surface area (Å²) in [5.41, 5.74) is 5.09. The van der Waals surface area contributed by atoms with E-state index in [1.54, 1.807) is 11.3 Å². The molecule has 2 aromatic rings. The van der Waals surface area contributed by atoms with Crippen molar-refractivity contribution < 1.29 is 4.79 Å². The molecular weight excluding hydrogens is 254 g/mol. The largest absolute Gasteiger partial charge is 0.321 e. The van der Waals surface area contributed by atoms with Crippen LogP contribution in [0.4, 0.5) is 0 Å². The van der Waals surface area contributed by atoms with Crippen molar-refractivity contribution >= 4 is 5.91 Å². The Morgan fingerprint density at radius 1 is 1.40 bits per heavy atom. The van der Waals surface area contributed by atoms with Crippen LogP contribution in [0.25, 0.3) is 0 Å². The third-order valence-corrected chi connectivity index (χ3v) is 3.49. The zero-order valence-corrected chi connectivity index (χ0v) is 11.6. The molecule has 1 aliphatic heterocycles. The van der Waals surface area contributed by atoms with Crippen LogP contribution in [0.2, 0.25) is 0 Å². The number of nitrogens with zero attached hydrogens (tertiary/aromatic N) is 4. The predicted octanol–water partition coefficient (Wildman–Crippen LogP) is 0.907. The van der Waals surface area contributed by atoms with Crippen LogP contribution in [0.15, 0.2) is 30.6 Å². The molecule has 1 amide bonds. The fourth-order valence-electron chi connectivity index (χ4n) is 2.44.